The molecule has 0 heterocycles. The first-order chi connectivity index (χ1) is 6.61. The minimum absolute atomic E-state index is 0.0532. The molecular formula is C9H7Br2IO2. The van der Waals surface area contributed by atoms with Crippen molar-refractivity contribution in [2.24, 2.45) is 0 Å². The zero-order chi connectivity index (χ0) is 10.7. The Balaban J connectivity index is 3.24. The summed E-state index contributed by atoms with van der Waals surface area (Å²) in [5.41, 5.74) is 0.673. The molecule has 0 aliphatic heterocycles. The minimum atomic E-state index is 0.0532. The second-order valence-corrected chi connectivity index (χ2v) is 4.93. The van der Waals surface area contributed by atoms with Gasteiger partial charge >= 0.3 is 0 Å². The minimum Gasteiger partial charge on any atom is -0.496 e. The van der Waals surface area contributed by atoms with Crippen molar-refractivity contribution in [2.45, 2.75) is 0 Å². The van der Waals surface area contributed by atoms with Gasteiger partial charge in [0, 0.05) is 10.0 Å². The standard InChI is InChI=1S/C9H7Br2IO2/c1-14-7-3-2-5(6(13)4-10)8(11)9(7)12/h2-3H,4H2,1H3. The Labute approximate surface area is 113 Å². The molecule has 0 aliphatic carbocycles. The van der Waals surface area contributed by atoms with Gasteiger partial charge in [-0.15, -0.1) is 0 Å². The summed E-state index contributed by atoms with van der Waals surface area (Å²) in [6.45, 7) is 0. The third-order valence-corrected chi connectivity index (χ3v) is 4.83. The maximum Gasteiger partial charge on any atom is 0.174 e. The number of ketones is 1. The second kappa shape index (κ2) is 5.46. The Bertz CT molecular complexity index is 366. The molecule has 76 valence electrons. The second-order valence-electron chi connectivity index (χ2n) is 2.50. The summed E-state index contributed by atoms with van der Waals surface area (Å²) in [5, 5.41) is 0.327. The van der Waals surface area contributed by atoms with Gasteiger partial charge in [-0.2, -0.15) is 0 Å². The molecule has 2 nitrogen and oxygen atoms in total. The van der Waals surface area contributed by atoms with Crippen LogP contribution in [0.1, 0.15) is 10.4 Å². The maximum absolute atomic E-state index is 11.5. The van der Waals surface area contributed by atoms with Crippen LogP contribution in [-0.2, 0) is 0 Å². The molecule has 5 heteroatoms. The van der Waals surface area contributed by atoms with Crippen LogP contribution >= 0.6 is 54.5 Å². The molecule has 0 unspecified atom stereocenters. The third kappa shape index (κ3) is 2.49. The summed E-state index contributed by atoms with van der Waals surface area (Å²) < 4.78 is 6.84. The summed E-state index contributed by atoms with van der Waals surface area (Å²) in [6.07, 6.45) is 0. The van der Waals surface area contributed by atoms with Gasteiger partial charge in [-0.1, -0.05) is 15.9 Å². The molecule has 1 aromatic carbocycles. The molecule has 0 fully saturated rings. The molecule has 0 amide bonds. The normalized spacial score (nSPS) is 10.0. The van der Waals surface area contributed by atoms with Gasteiger partial charge in [0.1, 0.15) is 5.75 Å². The molecule has 14 heavy (non-hydrogen) atoms. The van der Waals surface area contributed by atoms with E-state index >= 15 is 0 Å². The van der Waals surface area contributed by atoms with Crippen molar-refractivity contribution in [3.63, 3.8) is 0 Å². The van der Waals surface area contributed by atoms with Crippen molar-refractivity contribution in [3.8, 4) is 5.75 Å². The van der Waals surface area contributed by atoms with Crippen LogP contribution in [0.5, 0.6) is 5.75 Å². The number of carbonyl (C=O) groups is 1. The summed E-state index contributed by atoms with van der Waals surface area (Å²) in [4.78, 5) is 11.5. The number of halogens is 3. The SMILES string of the molecule is COc1ccc(C(=O)CBr)c(Br)c1I. The van der Waals surface area contributed by atoms with Crippen LogP contribution in [0.15, 0.2) is 16.6 Å². The number of methoxy groups -OCH3 is 1. The highest BCUT2D eigenvalue weighted by Crippen LogP contribution is 2.31. The van der Waals surface area contributed by atoms with Crippen LogP contribution in [0, 0.1) is 3.57 Å². The average Bonchev–Trinajstić information content (AvgIpc) is 2.21. The van der Waals surface area contributed by atoms with Crippen molar-refractivity contribution in [1.82, 2.24) is 0 Å². The molecule has 0 aromatic heterocycles. The number of carbonyl (C=O) groups excluding carboxylic acids is 1. The van der Waals surface area contributed by atoms with Crippen LogP contribution in [0.4, 0.5) is 0 Å². The number of Topliss-reactive ketones (excluding diaryl/α,β-unsaturated/α-hetero) is 1. The van der Waals surface area contributed by atoms with Gasteiger partial charge in [0.15, 0.2) is 5.78 Å². The lowest BCUT2D eigenvalue weighted by Gasteiger charge is -2.08. The number of rotatable bonds is 3. The molecule has 0 saturated heterocycles. The lowest BCUT2D eigenvalue weighted by molar-refractivity contribution is 0.102. The van der Waals surface area contributed by atoms with E-state index in [0.717, 1.165) is 13.8 Å². The van der Waals surface area contributed by atoms with Gasteiger partial charge in [-0.3, -0.25) is 4.79 Å². The van der Waals surface area contributed by atoms with Gasteiger partial charge in [-0.25, -0.2) is 0 Å². The fourth-order valence-electron chi connectivity index (χ4n) is 0.977. The maximum atomic E-state index is 11.5. The van der Waals surface area contributed by atoms with Crippen LogP contribution in [0.3, 0.4) is 0 Å². The lowest BCUT2D eigenvalue weighted by Crippen LogP contribution is -2.02. The van der Waals surface area contributed by atoms with E-state index in [0.29, 0.717) is 10.9 Å². The Morgan fingerprint density at radius 3 is 2.71 bits per heavy atom. The summed E-state index contributed by atoms with van der Waals surface area (Å²) in [6, 6.07) is 3.55. The van der Waals surface area contributed by atoms with Crippen molar-refractivity contribution in [1.29, 1.82) is 0 Å². The van der Waals surface area contributed by atoms with Crippen LogP contribution in [0.2, 0.25) is 0 Å². The van der Waals surface area contributed by atoms with Gasteiger partial charge < -0.3 is 4.74 Å². The summed E-state index contributed by atoms with van der Waals surface area (Å²) in [7, 11) is 1.61. The highest BCUT2D eigenvalue weighted by molar-refractivity contribution is 14.1. The lowest BCUT2D eigenvalue weighted by atomic mass is 10.1. The molecular weight excluding hydrogens is 427 g/mol. The summed E-state index contributed by atoms with van der Waals surface area (Å²) >= 11 is 8.67. The van der Waals surface area contributed by atoms with E-state index in [1.165, 1.54) is 0 Å². The van der Waals surface area contributed by atoms with Gasteiger partial charge in [-0.05, 0) is 50.7 Å². The molecule has 0 radical (unpaired) electrons. The van der Waals surface area contributed by atoms with Crippen molar-refractivity contribution < 1.29 is 9.53 Å². The number of ether oxygens (including phenoxy) is 1. The van der Waals surface area contributed by atoms with Crippen LogP contribution in [-0.4, -0.2) is 18.2 Å². The monoisotopic (exact) mass is 432 g/mol. The molecule has 0 spiro atoms. The van der Waals surface area contributed by atoms with Crippen LogP contribution in [0.25, 0.3) is 0 Å². The molecule has 0 saturated carbocycles. The van der Waals surface area contributed by atoms with E-state index in [1.54, 1.807) is 19.2 Å². The molecule has 0 atom stereocenters. The Morgan fingerprint density at radius 1 is 1.57 bits per heavy atom. The average molecular weight is 434 g/mol. The van der Waals surface area contributed by atoms with Gasteiger partial charge in [0.2, 0.25) is 0 Å². The third-order valence-electron chi connectivity index (χ3n) is 1.69. The topological polar surface area (TPSA) is 26.3 Å². The highest BCUT2D eigenvalue weighted by Gasteiger charge is 2.14. The van der Waals surface area contributed by atoms with E-state index in [4.69, 9.17) is 4.74 Å². The quantitative estimate of drug-likeness (QED) is 0.413. The summed E-state index contributed by atoms with van der Waals surface area (Å²) in [5.74, 6) is 0.820. The Kier molecular flexibility index (Phi) is 4.86. The predicted molar refractivity (Wildman–Crippen MR) is 71.5 cm³/mol. The fraction of sp³-hybridized carbons (Fsp3) is 0.222. The van der Waals surface area contributed by atoms with E-state index in [1.807, 2.05) is 0 Å². The van der Waals surface area contributed by atoms with E-state index in [-0.39, 0.29) is 5.78 Å². The van der Waals surface area contributed by atoms with E-state index in [2.05, 4.69) is 54.5 Å². The largest absolute Gasteiger partial charge is 0.496 e. The molecule has 0 bridgehead atoms. The molecule has 1 aromatic rings. The number of hydrogen-bond acceptors (Lipinski definition) is 2. The zero-order valence-electron chi connectivity index (χ0n) is 7.31. The first kappa shape index (κ1) is 12.4. The van der Waals surface area contributed by atoms with E-state index < -0.39 is 0 Å². The van der Waals surface area contributed by atoms with E-state index in [9.17, 15) is 4.79 Å². The van der Waals surface area contributed by atoms with Crippen molar-refractivity contribution >= 4 is 60.2 Å². The Hall–Kier alpha value is 0.380. The Morgan fingerprint density at radius 2 is 2.21 bits per heavy atom. The van der Waals surface area contributed by atoms with Gasteiger partial charge in [0.05, 0.1) is 16.0 Å². The van der Waals surface area contributed by atoms with Crippen molar-refractivity contribution in [3.05, 3.63) is 25.7 Å². The first-order valence-corrected chi connectivity index (χ1v) is 6.72. The fourth-order valence-corrected chi connectivity index (χ4v) is 2.52. The van der Waals surface area contributed by atoms with Gasteiger partial charge in [0.25, 0.3) is 0 Å². The zero-order valence-corrected chi connectivity index (χ0v) is 12.6. The van der Waals surface area contributed by atoms with Crippen LogP contribution < -0.4 is 4.74 Å². The number of benzene rings is 1. The first-order valence-electron chi connectivity index (χ1n) is 3.73. The predicted octanol–water partition coefficient (Wildman–Crippen LogP) is 3.64. The number of hydrogen-bond donors (Lipinski definition) is 0. The molecule has 0 aliphatic rings. The number of alkyl halides is 1. The van der Waals surface area contributed by atoms with Crippen molar-refractivity contribution in [2.75, 3.05) is 12.4 Å². The molecule has 0 N–H and O–H groups in total. The highest BCUT2D eigenvalue weighted by atomic mass is 127. The molecule has 1 rings (SSSR count). The smallest absolute Gasteiger partial charge is 0.174 e.